The molecule has 0 atom stereocenters. The van der Waals surface area contributed by atoms with E-state index in [1.54, 1.807) is 32.9 Å². The van der Waals surface area contributed by atoms with Gasteiger partial charge in [-0.3, -0.25) is 14.9 Å². The van der Waals surface area contributed by atoms with E-state index >= 15 is 0 Å². The number of esters is 1. The first-order valence-electron chi connectivity index (χ1n) is 6.02. The van der Waals surface area contributed by atoms with Gasteiger partial charge >= 0.3 is 5.97 Å². The lowest BCUT2D eigenvalue weighted by Gasteiger charge is -2.19. The smallest absolute Gasteiger partial charge is 0.316 e. The van der Waals surface area contributed by atoms with Crippen LogP contribution in [-0.4, -0.2) is 22.2 Å². The van der Waals surface area contributed by atoms with Gasteiger partial charge in [0.2, 0.25) is 0 Å². The van der Waals surface area contributed by atoms with Crippen LogP contribution in [0.3, 0.4) is 0 Å². The summed E-state index contributed by atoms with van der Waals surface area (Å²) in [4.78, 5) is 21.8. The van der Waals surface area contributed by atoms with Crippen LogP contribution in [0.15, 0.2) is 18.2 Å². The Labute approximate surface area is 121 Å². The number of thioether (sulfide) groups is 1. The number of benzene rings is 1. The van der Waals surface area contributed by atoms with Crippen LogP contribution in [0, 0.1) is 10.1 Å². The first-order chi connectivity index (χ1) is 9.20. The molecule has 1 rings (SSSR count). The van der Waals surface area contributed by atoms with Crippen molar-refractivity contribution in [1.29, 1.82) is 0 Å². The Morgan fingerprint density at radius 3 is 2.65 bits per heavy atom. The average molecular weight is 298 g/mol. The Morgan fingerprint density at radius 1 is 1.45 bits per heavy atom. The molecular weight excluding hydrogens is 280 g/mol. The van der Waals surface area contributed by atoms with Crippen molar-refractivity contribution in [1.82, 2.24) is 0 Å². The fourth-order valence-corrected chi connectivity index (χ4v) is 2.30. The van der Waals surface area contributed by atoms with Crippen molar-refractivity contribution in [3.63, 3.8) is 0 Å². The molecule has 0 saturated carbocycles. The van der Waals surface area contributed by atoms with Crippen molar-refractivity contribution in [2.24, 2.45) is 0 Å². The summed E-state index contributed by atoms with van der Waals surface area (Å²) in [6.45, 7) is 5.40. The number of nitrogen functional groups attached to an aromatic ring is 1. The van der Waals surface area contributed by atoms with Gasteiger partial charge < -0.3 is 10.5 Å². The molecule has 2 N–H and O–H groups in total. The zero-order chi connectivity index (χ0) is 15.3. The van der Waals surface area contributed by atoms with Gasteiger partial charge in [-0.2, -0.15) is 0 Å². The van der Waals surface area contributed by atoms with Gasteiger partial charge in [-0.15, -0.1) is 11.8 Å². The highest BCUT2D eigenvalue weighted by Gasteiger charge is 2.17. The fraction of sp³-hybridized carbons (Fsp3) is 0.462. The predicted octanol–water partition coefficient (Wildman–Crippen LogP) is 2.75. The standard InChI is InChI=1S/C13H18N2O4S/c1-13(2,3)19-11(16)8-20-7-9-5-4-6-10(12(9)14)15(17)18/h4-6H,7-8,14H2,1-3H3. The van der Waals surface area contributed by atoms with Crippen molar-refractivity contribution in [2.75, 3.05) is 11.5 Å². The second-order valence-electron chi connectivity index (χ2n) is 5.19. The molecule has 0 heterocycles. The molecule has 6 nitrogen and oxygen atoms in total. The van der Waals surface area contributed by atoms with Gasteiger partial charge in [-0.1, -0.05) is 12.1 Å². The number of nitro groups is 1. The maximum Gasteiger partial charge on any atom is 0.316 e. The van der Waals surface area contributed by atoms with Crippen molar-refractivity contribution in [2.45, 2.75) is 32.1 Å². The first-order valence-corrected chi connectivity index (χ1v) is 7.17. The van der Waals surface area contributed by atoms with Crippen LogP contribution in [0.1, 0.15) is 26.3 Å². The summed E-state index contributed by atoms with van der Waals surface area (Å²) in [6, 6.07) is 4.65. The third kappa shape index (κ3) is 5.08. The number of anilines is 1. The number of ether oxygens (including phenoxy) is 1. The van der Waals surface area contributed by atoms with Crippen molar-refractivity contribution >= 4 is 29.1 Å². The Balaban J connectivity index is 2.57. The zero-order valence-electron chi connectivity index (χ0n) is 11.7. The van der Waals surface area contributed by atoms with Gasteiger partial charge in [0.1, 0.15) is 11.3 Å². The van der Waals surface area contributed by atoms with E-state index in [1.807, 2.05) is 0 Å². The highest BCUT2D eigenvalue weighted by atomic mass is 32.2. The van der Waals surface area contributed by atoms with Crippen molar-refractivity contribution < 1.29 is 14.5 Å². The lowest BCUT2D eigenvalue weighted by Crippen LogP contribution is -2.24. The molecule has 0 spiro atoms. The molecule has 0 unspecified atom stereocenters. The van der Waals surface area contributed by atoms with E-state index in [0.717, 1.165) is 0 Å². The molecule has 0 fully saturated rings. The van der Waals surface area contributed by atoms with Crippen LogP contribution >= 0.6 is 11.8 Å². The zero-order valence-corrected chi connectivity index (χ0v) is 12.5. The third-order valence-corrected chi connectivity index (χ3v) is 3.22. The van der Waals surface area contributed by atoms with E-state index in [4.69, 9.17) is 10.5 Å². The summed E-state index contributed by atoms with van der Waals surface area (Å²) in [6.07, 6.45) is 0. The van der Waals surface area contributed by atoms with E-state index < -0.39 is 10.5 Å². The first kappa shape index (κ1) is 16.3. The van der Waals surface area contributed by atoms with E-state index in [9.17, 15) is 14.9 Å². The number of hydrogen-bond acceptors (Lipinski definition) is 6. The molecule has 20 heavy (non-hydrogen) atoms. The molecule has 7 heteroatoms. The number of nitrogens with two attached hydrogens (primary N) is 1. The molecular formula is C13H18N2O4S. The van der Waals surface area contributed by atoms with Gasteiger partial charge in [0, 0.05) is 11.8 Å². The van der Waals surface area contributed by atoms with Gasteiger partial charge in [0.25, 0.3) is 5.69 Å². The molecule has 1 aromatic rings. The summed E-state index contributed by atoms with van der Waals surface area (Å²) in [5, 5.41) is 10.8. The largest absolute Gasteiger partial charge is 0.459 e. The van der Waals surface area contributed by atoms with Crippen molar-refractivity contribution in [3.8, 4) is 0 Å². The SMILES string of the molecule is CC(C)(C)OC(=O)CSCc1cccc([N+](=O)[O-])c1N. The number of nitrogens with zero attached hydrogens (tertiary/aromatic N) is 1. The number of hydrogen-bond donors (Lipinski definition) is 1. The summed E-state index contributed by atoms with van der Waals surface area (Å²) in [7, 11) is 0. The molecule has 0 aliphatic carbocycles. The minimum absolute atomic E-state index is 0.111. The van der Waals surface area contributed by atoms with Gasteiger partial charge in [0.05, 0.1) is 10.7 Å². The molecule has 0 bridgehead atoms. The molecule has 0 radical (unpaired) electrons. The molecule has 0 aromatic heterocycles. The number of rotatable bonds is 5. The van der Waals surface area contributed by atoms with Crippen LogP contribution in [0.5, 0.6) is 0 Å². The highest BCUT2D eigenvalue weighted by molar-refractivity contribution is 7.99. The van der Waals surface area contributed by atoms with Crippen LogP contribution in [0.4, 0.5) is 11.4 Å². The molecule has 0 aliphatic heterocycles. The Morgan fingerprint density at radius 2 is 2.10 bits per heavy atom. The van der Waals surface area contributed by atoms with E-state index in [0.29, 0.717) is 11.3 Å². The average Bonchev–Trinajstić information content (AvgIpc) is 2.28. The van der Waals surface area contributed by atoms with Crippen LogP contribution < -0.4 is 5.73 Å². The maximum absolute atomic E-state index is 11.5. The summed E-state index contributed by atoms with van der Waals surface area (Å²) in [5.74, 6) is 0.290. The van der Waals surface area contributed by atoms with E-state index in [1.165, 1.54) is 17.8 Å². The maximum atomic E-state index is 11.5. The minimum Gasteiger partial charge on any atom is -0.459 e. The molecule has 110 valence electrons. The summed E-state index contributed by atoms with van der Waals surface area (Å²) < 4.78 is 5.17. The fourth-order valence-electron chi connectivity index (χ4n) is 1.50. The lowest BCUT2D eigenvalue weighted by atomic mass is 10.2. The number of nitro benzene ring substituents is 1. The Bertz CT molecular complexity index is 512. The molecule has 0 amide bonds. The number of para-hydroxylation sites is 1. The Kier molecular flexibility index (Phi) is 5.38. The minimum atomic E-state index is -0.517. The second-order valence-corrected chi connectivity index (χ2v) is 6.17. The monoisotopic (exact) mass is 298 g/mol. The molecule has 0 saturated heterocycles. The van der Waals surface area contributed by atoms with Gasteiger partial charge in [-0.25, -0.2) is 0 Å². The summed E-state index contributed by atoms with van der Waals surface area (Å²) >= 11 is 1.31. The van der Waals surface area contributed by atoms with Crippen LogP contribution in [0.2, 0.25) is 0 Å². The normalized spacial score (nSPS) is 11.2. The second kappa shape index (κ2) is 6.60. The number of carbonyl (C=O) groups excluding carboxylic acids is 1. The van der Waals surface area contributed by atoms with E-state index in [-0.39, 0.29) is 23.1 Å². The highest BCUT2D eigenvalue weighted by Crippen LogP contribution is 2.27. The summed E-state index contributed by atoms with van der Waals surface area (Å²) in [5.41, 5.74) is 5.90. The van der Waals surface area contributed by atoms with Gasteiger partial charge in [-0.05, 0) is 26.3 Å². The van der Waals surface area contributed by atoms with Crippen LogP contribution in [-0.2, 0) is 15.3 Å². The van der Waals surface area contributed by atoms with E-state index in [2.05, 4.69) is 0 Å². The van der Waals surface area contributed by atoms with Gasteiger partial charge in [0.15, 0.2) is 0 Å². The molecule has 0 aliphatic rings. The topological polar surface area (TPSA) is 95.5 Å². The quantitative estimate of drug-likeness (QED) is 0.388. The molecule has 1 aromatic carbocycles. The van der Waals surface area contributed by atoms with Crippen molar-refractivity contribution in [3.05, 3.63) is 33.9 Å². The predicted molar refractivity (Wildman–Crippen MR) is 79.5 cm³/mol. The van der Waals surface area contributed by atoms with Crippen LogP contribution in [0.25, 0.3) is 0 Å². The third-order valence-electron chi connectivity index (χ3n) is 2.27. The Hall–Kier alpha value is -1.76. The lowest BCUT2D eigenvalue weighted by molar-refractivity contribution is -0.383. The number of carbonyl (C=O) groups is 1.